The normalized spacial score (nSPS) is 14.0. The number of hydrogen-bond donors (Lipinski definition) is 1. The monoisotopic (exact) mass is 289 g/mol. The van der Waals surface area contributed by atoms with Crippen LogP contribution in [0.5, 0.6) is 0 Å². The number of nitrogens with one attached hydrogen (secondary N) is 1. The van der Waals surface area contributed by atoms with E-state index in [0.29, 0.717) is 5.56 Å². The van der Waals surface area contributed by atoms with Gasteiger partial charge in [-0.1, -0.05) is 42.5 Å². The third-order valence-corrected chi connectivity index (χ3v) is 4.18. The van der Waals surface area contributed by atoms with E-state index < -0.39 is 0 Å². The fourth-order valence-electron chi connectivity index (χ4n) is 3.11. The molecule has 0 bridgehead atoms. The molecule has 0 fully saturated rings. The summed E-state index contributed by atoms with van der Waals surface area (Å²) in [6, 6.07) is 16.1. The Labute approximate surface area is 128 Å². The molecule has 0 atom stereocenters. The van der Waals surface area contributed by atoms with Crippen molar-refractivity contribution in [3.05, 3.63) is 71.4 Å². The average Bonchev–Trinajstić information content (AvgIpc) is 2.96. The minimum absolute atomic E-state index is 0.0797. The van der Waals surface area contributed by atoms with Crippen LogP contribution in [0.4, 0.5) is 0 Å². The molecule has 3 aromatic rings. The van der Waals surface area contributed by atoms with Crippen LogP contribution in [0.15, 0.2) is 54.7 Å². The lowest BCUT2D eigenvalue weighted by atomic mass is 10.1. The number of hydrogen-bond acceptors (Lipinski definition) is 3. The Hall–Kier alpha value is -2.75. The summed E-state index contributed by atoms with van der Waals surface area (Å²) in [5, 5.41) is 12.0. The number of rotatable bonds is 2. The molecule has 0 unspecified atom stereocenters. The summed E-state index contributed by atoms with van der Waals surface area (Å²) in [4.78, 5) is 12.6. The van der Waals surface area contributed by atoms with Crippen molar-refractivity contribution in [1.29, 1.82) is 0 Å². The summed E-state index contributed by atoms with van der Waals surface area (Å²) in [6.07, 6.45) is 3.32. The van der Waals surface area contributed by atoms with Gasteiger partial charge >= 0.3 is 0 Å². The van der Waals surface area contributed by atoms with E-state index in [0.717, 1.165) is 23.7 Å². The van der Waals surface area contributed by atoms with Crippen LogP contribution in [0.25, 0.3) is 10.9 Å². The van der Waals surface area contributed by atoms with Crippen LogP contribution < -0.4 is 5.32 Å². The molecule has 108 valence electrons. The van der Waals surface area contributed by atoms with Crippen LogP contribution in [0.1, 0.15) is 21.5 Å². The maximum atomic E-state index is 12.6. The summed E-state index contributed by atoms with van der Waals surface area (Å²) >= 11 is 0. The molecule has 0 spiro atoms. The van der Waals surface area contributed by atoms with Crippen molar-refractivity contribution < 1.29 is 4.79 Å². The van der Waals surface area contributed by atoms with E-state index in [1.165, 1.54) is 11.1 Å². The predicted molar refractivity (Wildman–Crippen MR) is 84.6 cm³/mol. The van der Waals surface area contributed by atoms with Gasteiger partial charge in [-0.05, 0) is 30.0 Å². The fourth-order valence-corrected chi connectivity index (χ4v) is 3.11. The minimum Gasteiger partial charge on any atom is -0.349 e. The molecule has 4 heteroatoms. The maximum absolute atomic E-state index is 12.6. The summed E-state index contributed by atoms with van der Waals surface area (Å²) in [5.74, 6) is -0.0797. The molecular weight excluding hydrogens is 274 g/mol. The fraction of sp³-hybridized carbons (Fsp3) is 0.167. The number of amides is 1. The summed E-state index contributed by atoms with van der Waals surface area (Å²) in [7, 11) is 0. The van der Waals surface area contributed by atoms with E-state index in [9.17, 15) is 4.79 Å². The third-order valence-electron chi connectivity index (χ3n) is 4.18. The van der Waals surface area contributed by atoms with Gasteiger partial charge in [0.2, 0.25) is 0 Å². The van der Waals surface area contributed by atoms with Crippen LogP contribution in [-0.4, -0.2) is 22.1 Å². The van der Waals surface area contributed by atoms with Crippen LogP contribution in [0.2, 0.25) is 0 Å². The van der Waals surface area contributed by atoms with Crippen LogP contribution in [0.3, 0.4) is 0 Å². The van der Waals surface area contributed by atoms with Gasteiger partial charge in [0.25, 0.3) is 5.91 Å². The van der Waals surface area contributed by atoms with Gasteiger partial charge in [-0.3, -0.25) is 4.79 Å². The Balaban J connectivity index is 1.58. The molecule has 1 aromatic heterocycles. The molecule has 4 nitrogen and oxygen atoms in total. The first-order chi connectivity index (χ1) is 10.8. The molecule has 1 amide bonds. The molecule has 0 aliphatic heterocycles. The lowest BCUT2D eigenvalue weighted by molar-refractivity contribution is 0.0940. The highest BCUT2D eigenvalue weighted by molar-refractivity contribution is 6.05. The molecule has 1 aliphatic carbocycles. The number of carbonyl (C=O) groups excluding carboxylic acids is 1. The first-order valence-corrected chi connectivity index (χ1v) is 7.39. The molecule has 1 aliphatic rings. The number of benzene rings is 2. The molecular formula is C18H15N3O. The lowest BCUT2D eigenvalue weighted by Crippen LogP contribution is -2.35. The Morgan fingerprint density at radius 1 is 1.00 bits per heavy atom. The molecule has 4 rings (SSSR count). The molecule has 0 saturated carbocycles. The number of aromatic nitrogens is 2. The highest BCUT2D eigenvalue weighted by Crippen LogP contribution is 2.22. The highest BCUT2D eigenvalue weighted by Gasteiger charge is 2.23. The van der Waals surface area contributed by atoms with Gasteiger partial charge in [-0.25, -0.2) is 0 Å². The molecule has 1 N–H and O–H groups in total. The zero-order valence-corrected chi connectivity index (χ0v) is 12.0. The Kier molecular flexibility index (Phi) is 3.07. The van der Waals surface area contributed by atoms with Crippen molar-refractivity contribution in [3.63, 3.8) is 0 Å². The van der Waals surface area contributed by atoms with Gasteiger partial charge in [0.05, 0.1) is 17.3 Å². The predicted octanol–water partition coefficient (Wildman–Crippen LogP) is 2.53. The second-order valence-electron chi connectivity index (χ2n) is 5.62. The first kappa shape index (κ1) is 13.0. The van der Waals surface area contributed by atoms with E-state index >= 15 is 0 Å². The summed E-state index contributed by atoms with van der Waals surface area (Å²) in [5.41, 5.74) is 3.97. The number of nitrogens with zero attached hydrogens (tertiary/aromatic N) is 2. The van der Waals surface area contributed by atoms with Gasteiger partial charge in [0.1, 0.15) is 0 Å². The van der Waals surface area contributed by atoms with E-state index in [1.807, 2.05) is 36.4 Å². The SMILES string of the molecule is O=C(NC1Cc2ccccc2C1)c1cnnc2ccccc12. The van der Waals surface area contributed by atoms with Crippen molar-refractivity contribution in [1.82, 2.24) is 15.5 Å². The Morgan fingerprint density at radius 3 is 2.45 bits per heavy atom. The molecule has 0 radical (unpaired) electrons. The van der Waals surface area contributed by atoms with Crippen LogP contribution >= 0.6 is 0 Å². The first-order valence-electron chi connectivity index (χ1n) is 7.39. The van der Waals surface area contributed by atoms with Gasteiger partial charge in [-0.15, -0.1) is 0 Å². The van der Waals surface area contributed by atoms with E-state index in [2.05, 4.69) is 27.6 Å². The standard InChI is InChI=1S/C18H15N3O/c22-18(16-11-19-21-17-8-4-3-7-15(16)17)20-14-9-12-5-1-2-6-13(12)10-14/h1-8,11,14H,9-10H2,(H,20,22). The van der Waals surface area contributed by atoms with Crippen molar-refractivity contribution in [2.45, 2.75) is 18.9 Å². The average molecular weight is 289 g/mol. The Bertz CT molecular complexity index is 829. The van der Waals surface area contributed by atoms with Crippen molar-refractivity contribution in [3.8, 4) is 0 Å². The minimum atomic E-state index is -0.0797. The van der Waals surface area contributed by atoms with Crippen molar-refractivity contribution >= 4 is 16.8 Å². The second kappa shape index (κ2) is 5.22. The molecule has 2 aromatic carbocycles. The Morgan fingerprint density at radius 2 is 1.68 bits per heavy atom. The van der Waals surface area contributed by atoms with Gasteiger partial charge in [0, 0.05) is 11.4 Å². The molecule has 22 heavy (non-hydrogen) atoms. The second-order valence-corrected chi connectivity index (χ2v) is 5.62. The zero-order valence-electron chi connectivity index (χ0n) is 12.0. The largest absolute Gasteiger partial charge is 0.349 e. The molecule has 0 saturated heterocycles. The van der Waals surface area contributed by atoms with Gasteiger partial charge in [0.15, 0.2) is 0 Å². The van der Waals surface area contributed by atoms with Crippen molar-refractivity contribution in [2.75, 3.05) is 0 Å². The third kappa shape index (κ3) is 2.22. The zero-order chi connectivity index (χ0) is 14.9. The van der Waals surface area contributed by atoms with E-state index in [-0.39, 0.29) is 11.9 Å². The van der Waals surface area contributed by atoms with Crippen molar-refractivity contribution in [2.24, 2.45) is 0 Å². The van der Waals surface area contributed by atoms with E-state index in [1.54, 1.807) is 6.20 Å². The molecule has 1 heterocycles. The number of carbonyl (C=O) groups is 1. The van der Waals surface area contributed by atoms with Gasteiger partial charge < -0.3 is 5.32 Å². The number of fused-ring (bicyclic) bond motifs is 2. The van der Waals surface area contributed by atoms with Crippen LogP contribution in [-0.2, 0) is 12.8 Å². The quantitative estimate of drug-likeness (QED) is 0.788. The van der Waals surface area contributed by atoms with Crippen LogP contribution in [0, 0.1) is 0 Å². The summed E-state index contributed by atoms with van der Waals surface area (Å²) in [6.45, 7) is 0. The van der Waals surface area contributed by atoms with Gasteiger partial charge in [-0.2, -0.15) is 10.2 Å². The highest BCUT2D eigenvalue weighted by atomic mass is 16.1. The summed E-state index contributed by atoms with van der Waals surface area (Å²) < 4.78 is 0. The maximum Gasteiger partial charge on any atom is 0.253 e. The van der Waals surface area contributed by atoms with E-state index in [4.69, 9.17) is 0 Å². The smallest absolute Gasteiger partial charge is 0.253 e. The topological polar surface area (TPSA) is 54.9 Å². The lowest BCUT2D eigenvalue weighted by Gasteiger charge is -2.12.